The van der Waals surface area contributed by atoms with Crippen LogP contribution >= 0.6 is 30.3 Å². The predicted octanol–water partition coefficient (Wildman–Crippen LogP) is 5.15. The Morgan fingerprint density at radius 1 is 0.708 bits per heavy atom. The molecule has 24 heavy (non-hydrogen) atoms. The minimum absolute atomic E-state index is 0.122. The fourth-order valence-corrected chi connectivity index (χ4v) is 5.43. The lowest BCUT2D eigenvalue weighted by molar-refractivity contribution is 0.107. The van der Waals surface area contributed by atoms with Crippen molar-refractivity contribution < 1.29 is 9.36 Å². The SMILES string of the molecule is O=C(c1cccc(Cl)c1Cl)P(=O)(c1ccccc1)c1ccccc1. The molecule has 3 rings (SSSR count). The third kappa shape index (κ3) is 2.93. The first-order valence-electron chi connectivity index (χ1n) is 7.25. The lowest BCUT2D eigenvalue weighted by Crippen LogP contribution is -2.22. The summed E-state index contributed by atoms with van der Waals surface area (Å²) in [6.45, 7) is 0. The maximum Gasteiger partial charge on any atom is 0.231 e. The number of carbonyl (C=O) groups is 1. The molecule has 0 aliphatic heterocycles. The zero-order valence-electron chi connectivity index (χ0n) is 12.5. The van der Waals surface area contributed by atoms with E-state index in [0.29, 0.717) is 10.6 Å². The van der Waals surface area contributed by atoms with Crippen LogP contribution in [0.25, 0.3) is 0 Å². The van der Waals surface area contributed by atoms with Crippen LogP contribution in [0.4, 0.5) is 0 Å². The predicted molar refractivity (Wildman–Crippen MR) is 101 cm³/mol. The standard InChI is InChI=1S/C19H13Cl2O2P/c20-17-13-7-12-16(18(17)21)19(22)24(23,14-8-3-1-4-9-14)15-10-5-2-6-11-15/h1-13H. The maximum atomic E-state index is 13.9. The van der Waals surface area contributed by atoms with E-state index in [1.807, 2.05) is 12.1 Å². The van der Waals surface area contributed by atoms with Gasteiger partial charge in [0.15, 0.2) is 0 Å². The molecule has 0 aromatic heterocycles. The third-order valence-electron chi connectivity index (χ3n) is 3.71. The van der Waals surface area contributed by atoms with Crippen molar-refractivity contribution in [3.8, 4) is 0 Å². The van der Waals surface area contributed by atoms with E-state index in [9.17, 15) is 9.36 Å². The number of halogens is 2. The van der Waals surface area contributed by atoms with Gasteiger partial charge in [0.1, 0.15) is 0 Å². The summed E-state index contributed by atoms with van der Waals surface area (Å²) < 4.78 is 13.9. The molecule has 3 aromatic carbocycles. The maximum absolute atomic E-state index is 13.9. The van der Waals surface area contributed by atoms with Crippen LogP contribution in [0.5, 0.6) is 0 Å². The molecule has 0 spiro atoms. The Morgan fingerprint density at radius 2 is 1.21 bits per heavy atom. The molecule has 0 aliphatic rings. The van der Waals surface area contributed by atoms with E-state index in [1.165, 1.54) is 0 Å². The van der Waals surface area contributed by atoms with E-state index in [-0.39, 0.29) is 15.6 Å². The van der Waals surface area contributed by atoms with Gasteiger partial charge in [-0.15, -0.1) is 0 Å². The minimum atomic E-state index is -3.57. The van der Waals surface area contributed by atoms with Crippen LogP contribution in [0.15, 0.2) is 78.9 Å². The van der Waals surface area contributed by atoms with Gasteiger partial charge < -0.3 is 4.57 Å². The molecule has 0 amide bonds. The van der Waals surface area contributed by atoms with Gasteiger partial charge in [-0.1, -0.05) is 89.9 Å². The van der Waals surface area contributed by atoms with E-state index in [0.717, 1.165) is 0 Å². The molecule has 0 unspecified atom stereocenters. The summed E-state index contributed by atoms with van der Waals surface area (Å²) in [6, 6.07) is 22.2. The Morgan fingerprint density at radius 3 is 1.71 bits per heavy atom. The average Bonchev–Trinajstić information content (AvgIpc) is 2.64. The van der Waals surface area contributed by atoms with Crippen LogP contribution in [0, 0.1) is 0 Å². The Bertz CT molecular complexity index is 881. The van der Waals surface area contributed by atoms with E-state index < -0.39 is 12.7 Å². The topological polar surface area (TPSA) is 34.1 Å². The fourth-order valence-electron chi connectivity index (χ4n) is 2.50. The molecule has 120 valence electrons. The van der Waals surface area contributed by atoms with E-state index in [4.69, 9.17) is 23.2 Å². The first-order chi connectivity index (χ1) is 11.5. The van der Waals surface area contributed by atoms with Gasteiger partial charge in [-0.2, -0.15) is 0 Å². The van der Waals surface area contributed by atoms with Gasteiger partial charge in [-0.3, -0.25) is 4.79 Å². The van der Waals surface area contributed by atoms with Crippen LogP contribution < -0.4 is 10.6 Å². The first kappa shape index (κ1) is 17.0. The van der Waals surface area contributed by atoms with Gasteiger partial charge in [0, 0.05) is 16.2 Å². The highest BCUT2D eigenvalue weighted by molar-refractivity contribution is 7.93. The van der Waals surface area contributed by atoms with Gasteiger partial charge in [0.05, 0.1) is 10.0 Å². The molecule has 0 atom stereocenters. The summed E-state index contributed by atoms with van der Waals surface area (Å²) >= 11 is 12.2. The second-order valence-corrected chi connectivity index (χ2v) is 8.63. The number of benzene rings is 3. The Hall–Kier alpha value is -1.86. The fraction of sp³-hybridized carbons (Fsp3) is 0. The Kier molecular flexibility index (Phi) is 4.91. The quantitative estimate of drug-likeness (QED) is 0.592. The highest BCUT2D eigenvalue weighted by atomic mass is 35.5. The van der Waals surface area contributed by atoms with Gasteiger partial charge in [-0.05, 0) is 12.1 Å². The summed E-state index contributed by atoms with van der Waals surface area (Å²) in [5.41, 5.74) is -0.354. The van der Waals surface area contributed by atoms with Crippen LogP contribution in [0.1, 0.15) is 10.4 Å². The summed E-state index contributed by atoms with van der Waals surface area (Å²) in [6.07, 6.45) is 0. The largest absolute Gasteiger partial charge is 0.305 e. The van der Waals surface area contributed by atoms with Crippen molar-refractivity contribution in [2.75, 3.05) is 0 Å². The van der Waals surface area contributed by atoms with Crippen molar-refractivity contribution in [3.63, 3.8) is 0 Å². The molecule has 0 saturated carbocycles. The van der Waals surface area contributed by atoms with Crippen molar-refractivity contribution in [2.24, 2.45) is 0 Å². The second-order valence-electron chi connectivity index (χ2n) is 5.19. The lowest BCUT2D eigenvalue weighted by Gasteiger charge is -2.19. The van der Waals surface area contributed by atoms with Crippen molar-refractivity contribution >= 4 is 46.5 Å². The molecular formula is C19H13Cl2O2P. The van der Waals surface area contributed by atoms with Crippen LogP contribution in [-0.2, 0) is 4.57 Å². The first-order valence-corrected chi connectivity index (χ1v) is 9.71. The molecule has 0 saturated heterocycles. The highest BCUT2D eigenvalue weighted by Crippen LogP contribution is 2.48. The van der Waals surface area contributed by atoms with Crippen molar-refractivity contribution in [1.82, 2.24) is 0 Å². The Balaban J connectivity index is 2.25. The molecule has 0 aliphatic carbocycles. The Labute approximate surface area is 150 Å². The second kappa shape index (κ2) is 6.94. The molecule has 0 radical (unpaired) electrons. The van der Waals surface area contributed by atoms with Crippen LogP contribution in [-0.4, -0.2) is 5.52 Å². The number of hydrogen-bond acceptors (Lipinski definition) is 2. The van der Waals surface area contributed by atoms with E-state index in [2.05, 4.69) is 0 Å². The van der Waals surface area contributed by atoms with Gasteiger partial charge in [-0.25, -0.2) is 0 Å². The normalized spacial score (nSPS) is 11.2. The molecule has 5 heteroatoms. The number of rotatable bonds is 4. The van der Waals surface area contributed by atoms with Crippen molar-refractivity contribution in [3.05, 3.63) is 94.5 Å². The molecule has 0 N–H and O–H groups in total. The monoisotopic (exact) mass is 374 g/mol. The third-order valence-corrected chi connectivity index (χ3v) is 7.39. The van der Waals surface area contributed by atoms with Gasteiger partial charge >= 0.3 is 0 Å². The molecular weight excluding hydrogens is 362 g/mol. The van der Waals surface area contributed by atoms with Gasteiger partial charge in [0.2, 0.25) is 12.7 Å². The zero-order valence-corrected chi connectivity index (χ0v) is 14.9. The molecule has 2 nitrogen and oxygen atoms in total. The average molecular weight is 375 g/mol. The van der Waals surface area contributed by atoms with E-state index >= 15 is 0 Å². The van der Waals surface area contributed by atoms with Crippen LogP contribution in [0.3, 0.4) is 0 Å². The molecule has 0 fully saturated rings. The smallest absolute Gasteiger partial charge is 0.231 e. The molecule has 3 aromatic rings. The summed E-state index contributed by atoms with van der Waals surface area (Å²) in [4.78, 5) is 13.2. The molecule has 0 bridgehead atoms. The zero-order chi connectivity index (χ0) is 17.2. The number of hydrogen-bond donors (Lipinski definition) is 0. The van der Waals surface area contributed by atoms with Gasteiger partial charge in [0.25, 0.3) is 0 Å². The summed E-state index contributed by atoms with van der Waals surface area (Å²) in [7, 11) is -3.57. The number of carbonyl (C=O) groups excluding carboxylic acids is 1. The van der Waals surface area contributed by atoms with Crippen molar-refractivity contribution in [1.29, 1.82) is 0 Å². The minimum Gasteiger partial charge on any atom is -0.305 e. The van der Waals surface area contributed by atoms with Crippen molar-refractivity contribution in [2.45, 2.75) is 0 Å². The van der Waals surface area contributed by atoms with Crippen LogP contribution in [0.2, 0.25) is 10.0 Å². The lowest BCUT2D eigenvalue weighted by atomic mass is 10.2. The molecule has 0 heterocycles. The summed E-state index contributed by atoms with van der Waals surface area (Å²) in [5.74, 6) is 0. The summed E-state index contributed by atoms with van der Waals surface area (Å²) in [5, 5.41) is 1.32. The van der Waals surface area contributed by atoms with E-state index in [1.54, 1.807) is 66.7 Å². The highest BCUT2D eigenvalue weighted by Gasteiger charge is 2.37.